The van der Waals surface area contributed by atoms with Crippen molar-refractivity contribution in [3.63, 3.8) is 0 Å². The van der Waals surface area contributed by atoms with Gasteiger partial charge in [0.15, 0.2) is 0 Å². The number of carbonyl (C=O) groups excluding carboxylic acids is 2. The molecule has 1 aliphatic heterocycles. The van der Waals surface area contributed by atoms with Crippen molar-refractivity contribution in [3.05, 3.63) is 28.2 Å². The fourth-order valence-electron chi connectivity index (χ4n) is 1.57. The zero-order chi connectivity index (χ0) is 12.7. The van der Waals surface area contributed by atoms with Crippen LogP contribution in [0.25, 0.3) is 0 Å². The molecular formula is C10H5BrFNO4. The number of halogens is 2. The maximum absolute atomic E-state index is 13.4. The zero-order valence-corrected chi connectivity index (χ0v) is 9.77. The van der Waals surface area contributed by atoms with Crippen LogP contribution >= 0.6 is 15.9 Å². The Bertz CT molecular complexity index is 545. The molecule has 2 rings (SSSR count). The second kappa shape index (κ2) is 3.92. The maximum atomic E-state index is 13.4. The molecule has 1 heterocycles. The second-order valence-electron chi connectivity index (χ2n) is 3.34. The van der Waals surface area contributed by atoms with Crippen molar-refractivity contribution in [2.45, 2.75) is 6.30 Å². The van der Waals surface area contributed by atoms with Crippen LogP contribution < -0.4 is 4.90 Å². The van der Waals surface area contributed by atoms with E-state index < -0.39 is 24.0 Å². The Hall–Kier alpha value is -1.76. The van der Waals surface area contributed by atoms with Gasteiger partial charge in [-0.25, -0.2) is 9.18 Å². The van der Waals surface area contributed by atoms with Crippen LogP contribution in [-0.4, -0.2) is 29.1 Å². The minimum absolute atomic E-state index is 0.00623. The van der Waals surface area contributed by atoms with Gasteiger partial charge in [-0.3, -0.25) is 14.5 Å². The Kier molecular flexibility index (Phi) is 2.70. The Morgan fingerprint density at radius 2 is 2.06 bits per heavy atom. The number of carbonyl (C=O) groups is 3. The summed E-state index contributed by atoms with van der Waals surface area (Å²) in [6, 6.07) is 4.16. The molecule has 0 radical (unpaired) electrons. The summed E-state index contributed by atoms with van der Waals surface area (Å²) in [5, 5.41) is 8.54. The van der Waals surface area contributed by atoms with Gasteiger partial charge in [-0.05, 0) is 18.2 Å². The Balaban J connectivity index is 2.56. The number of benzene rings is 1. The number of fused-ring (bicyclic) bond motifs is 1. The standard InChI is InChI=1S/C10H5BrFNO4/c11-4-1-2-6-5(3-4)7(14)9(15)13(6)8(12)10(16)17/h1-3,8H,(H,16,17). The zero-order valence-electron chi connectivity index (χ0n) is 8.18. The normalized spacial score (nSPS) is 16.0. The van der Waals surface area contributed by atoms with Gasteiger partial charge in [0.1, 0.15) is 0 Å². The van der Waals surface area contributed by atoms with Crippen LogP contribution in [0.5, 0.6) is 0 Å². The number of anilines is 1. The number of hydrogen-bond acceptors (Lipinski definition) is 3. The monoisotopic (exact) mass is 301 g/mol. The first-order valence-corrected chi connectivity index (χ1v) is 5.27. The van der Waals surface area contributed by atoms with Crippen LogP contribution in [0, 0.1) is 0 Å². The van der Waals surface area contributed by atoms with E-state index >= 15 is 0 Å². The van der Waals surface area contributed by atoms with Crippen LogP contribution in [-0.2, 0) is 9.59 Å². The molecule has 7 heteroatoms. The van der Waals surface area contributed by atoms with Crippen LogP contribution in [0.3, 0.4) is 0 Å². The van der Waals surface area contributed by atoms with Gasteiger partial charge < -0.3 is 5.11 Å². The van der Waals surface area contributed by atoms with Gasteiger partial charge in [0, 0.05) is 4.47 Å². The van der Waals surface area contributed by atoms with Crippen LogP contribution in [0.1, 0.15) is 10.4 Å². The molecule has 5 nitrogen and oxygen atoms in total. The highest BCUT2D eigenvalue weighted by Gasteiger charge is 2.42. The van der Waals surface area contributed by atoms with Crippen molar-refractivity contribution in [3.8, 4) is 0 Å². The molecule has 1 atom stereocenters. The summed E-state index contributed by atoms with van der Waals surface area (Å²) < 4.78 is 13.9. The Morgan fingerprint density at radius 3 is 2.65 bits per heavy atom. The minimum Gasteiger partial charge on any atom is -0.478 e. The molecule has 88 valence electrons. The molecule has 0 bridgehead atoms. The third kappa shape index (κ3) is 1.72. The first kappa shape index (κ1) is 11.7. The molecule has 1 aliphatic rings. The van der Waals surface area contributed by atoms with Gasteiger partial charge in [-0.15, -0.1) is 0 Å². The highest BCUT2D eigenvalue weighted by Crippen LogP contribution is 2.33. The third-order valence-corrected chi connectivity index (χ3v) is 2.80. The van der Waals surface area contributed by atoms with Crippen molar-refractivity contribution in [2.75, 3.05) is 4.90 Å². The fraction of sp³-hybridized carbons (Fsp3) is 0.100. The van der Waals surface area contributed by atoms with Gasteiger partial charge in [0.2, 0.25) is 0 Å². The van der Waals surface area contributed by atoms with E-state index in [0.29, 0.717) is 9.37 Å². The molecule has 0 fully saturated rings. The number of hydrogen-bond donors (Lipinski definition) is 1. The topological polar surface area (TPSA) is 74.7 Å². The number of aliphatic carboxylic acids is 1. The summed E-state index contributed by atoms with van der Waals surface area (Å²) in [5.74, 6) is -3.90. The van der Waals surface area contributed by atoms with Crippen LogP contribution in [0.4, 0.5) is 10.1 Å². The quantitative estimate of drug-likeness (QED) is 0.661. The lowest BCUT2D eigenvalue weighted by atomic mass is 10.1. The molecule has 1 unspecified atom stereocenters. The van der Waals surface area contributed by atoms with Gasteiger partial charge in [0.05, 0.1) is 11.3 Å². The molecule has 0 spiro atoms. The third-order valence-electron chi connectivity index (χ3n) is 2.31. The van der Waals surface area contributed by atoms with Crippen molar-refractivity contribution in [2.24, 2.45) is 0 Å². The molecule has 1 N–H and O–H groups in total. The van der Waals surface area contributed by atoms with E-state index in [4.69, 9.17) is 5.11 Å². The maximum Gasteiger partial charge on any atom is 0.360 e. The number of nitrogens with zero attached hydrogens (tertiary/aromatic N) is 1. The van der Waals surface area contributed by atoms with Gasteiger partial charge in [0.25, 0.3) is 12.1 Å². The smallest absolute Gasteiger partial charge is 0.360 e. The molecule has 1 aromatic carbocycles. The van der Waals surface area contributed by atoms with E-state index in [1.165, 1.54) is 18.2 Å². The highest BCUT2D eigenvalue weighted by atomic mass is 79.9. The molecule has 1 aromatic rings. The predicted molar refractivity (Wildman–Crippen MR) is 58.5 cm³/mol. The lowest BCUT2D eigenvalue weighted by molar-refractivity contribution is -0.144. The van der Waals surface area contributed by atoms with Gasteiger partial charge in [-0.1, -0.05) is 15.9 Å². The average Bonchev–Trinajstić information content (AvgIpc) is 2.51. The predicted octanol–water partition coefficient (Wildman–Crippen LogP) is 1.36. The largest absolute Gasteiger partial charge is 0.478 e. The Morgan fingerprint density at radius 1 is 1.41 bits per heavy atom. The molecule has 0 aromatic heterocycles. The highest BCUT2D eigenvalue weighted by molar-refractivity contribution is 9.10. The summed E-state index contributed by atoms with van der Waals surface area (Å²) in [6.45, 7) is 0. The lowest BCUT2D eigenvalue weighted by Crippen LogP contribution is -2.41. The number of ketones is 1. The van der Waals surface area contributed by atoms with Crippen molar-refractivity contribution in [1.29, 1.82) is 0 Å². The van der Waals surface area contributed by atoms with E-state index in [2.05, 4.69) is 15.9 Å². The summed E-state index contributed by atoms with van der Waals surface area (Å²) in [7, 11) is 0. The van der Waals surface area contributed by atoms with Crippen molar-refractivity contribution < 1.29 is 23.9 Å². The molecule has 1 amide bonds. The van der Waals surface area contributed by atoms with Gasteiger partial charge in [-0.2, -0.15) is 0 Å². The minimum atomic E-state index is -2.56. The average molecular weight is 302 g/mol. The number of alkyl halides is 1. The fourth-order valence-corrected chi connectivity index (χ4v) is 1.93. The van der Waals surface area contributed by atoms with E-state index in [1.807, 2.05) is 0 Å². The SMILES string of the molecule is O=C1C(=O)N(C(F)C(=O)O)c2ccc(Br)cc21. The van der Waals surface area contributed by atoms with E-state index in [0.717, 1.165) is 0 Å². The molecule has 0 saturated heterocycles. The molecule has 0 aliphatic carbocycles. The van der Waals surface area contributed by atoms with Crippen molar-refractivity contribution >= 4 is 39.3 Å². The van der Waals surface area contributed by atoms with E-state index in [-0.39, 0.29) is 11.3 Å². The lowest BCUT2D eigenvalue weighted by Gasteiger charge is -2.17. The number of Topliss-reactive ketones (excluding diaryl/α,β-unsaturated/α-hetero) is 1. The molecule has 0 saturated carbocycles. The number of carboxylic acids is 1. The van der Waals surface area contributed by atoms with Gasteiger partial charge >= 0.3 is 11.9 Å². The Labute approximate surface area is 103 Å². The van der Waals surface area contributed by atoms with Crippen molar-refractivity contribution in [1.82, 2.24) is 0 Å². The van der Waals surface area contributed by atoms with Crippen LogP contribution in [0.2, 0.25) is 0 Å². The summed E-state index contributed by atoms with van der Waals surface area (Å²) in [6.07, 6.45) is -2.56. The summed E-state index contributed by atoms with van der Waals surface area (Å²) >= 11 is 3.11. The number of rotatable bonds is 2. The first-order valence-electron chi connectivity index (χ1n) is 4.48. The first-order chi connectivity index (χ1) is 7.93. The van der Waals surface area contributed by atoms with E-state index in [1.54, 1.807) is 0 Å². The number of amides is 1. The second-order valence-corrected chi connectivity index (χ2v) is 4.26. The number of carboxylic acid groups (broad SMARTS) is 1. The summed E-state index contributed by atoms with van der Waals surface area (Å²) in [4.78, 5) is 33.9. The van der Waals surface area contributed by atoms with Crippen LogP contribution in [0.15, 0.2) is 22.7 Å². The van der Waals surface area contributed by atoms with E-state index in [9.17, 15) is 18.8 Å². The molecular weight excluding hydrogens is 297 g/mol. The summed E-state index contributed by atoms with van der Waals surface area (Å²) in [5.41, 5.74) is -0.0358. The molecule has 17 heavy (non-hydrogen) atoms.